The Bertz CT molecular complexity index is 1130. The zero-order chi connectivity index (χ0) is 43.5. The highest BCUT2D eigenvalue weighted by atomic mass is 16.6. The number of esters is 2. The molecular formula is C55H94O5. The maximum Gasteiger partial charge on any atom is 0.306 e. The van der Waals surface area contributed by atoms with Crippen LogP contribution in [-0.4, -0.2) is 37.9 Å². The summed E-state index contributed by atoms with van der Waals surface area (Å²) in [5.74, 6) is -0.445. The molecule has 5 heteroatoms. The van der Waals surface area contributed by atoms with Gasteiger partial charge in [-0.3, -0.25) is 9.59 Å². The summed E-state index contributed by atoms with van der Waals surface area (Å²) in [6.07, 6.45) is 65.8. The predicted molar refractivity (Wildman–Crippen MR) is 260 cm³/mol. The molecule has 0 spiro atoms. The average molecular weight is 835 g/mol. The van der Waals surface area contributed by atoms with Crippen LogP contribution in [0.25, 0.3) is 0 Å². The minimum atomic E-state index is -0.559. The number of rotatable bonds is 45. The lowest BCUT2D eigenvalue weighted by Crippen LogP contribution is -2.30. The van der Waals surface area contributed by atoms with Crippen molar-refractivity contribution in [3.8, 4) is 0 Å². The Kier molecular flexibility index (Phi) is 48.0. The first-order valence-electron chi connectivity index (χ1n) is 25.1. The highest BCUT2D eigenvalue weighted by Gasteiger charge is 2.17. The Hall–Kier alpha value is -2.92. The van der Waals surface area contributed by atoms with Gasteiger partial charge in [-0.05, 0) is 109 Å². The molecule has 0 bridgehead atoms. The zero-order valence-corrected chi connectivity index (χ0v) is 39.5. The van der Waals surface area contributed by atoms with E-state index in [2.05, 4.69) is 106 Å². The van der Waals surface area contributed by atoms with Gasteiger partial charge in [-0.1, -0.05) is 189 Å². The fourth-order valence-corrected chi connectivity index (χ4v) is 6.63. The van der Waals surface area contributed by atoms with Crippen LogP contribution in [-0.2, 0) is 23.8 Å². The van der Waals surface area contributed by atoms with Gasteiger partial charge in [-0.15, -0.1) is 0 Å². The van der Waals surface area contributed by atoms with Gasteiger partial charge in [0.15, 0.2) is 6.10 Å². The largest absolute Gasteiger partial charge is 0.462 e. The molecule has 0 saturated carbocycles. The number of carbonyl (C=O) groups is 2. The van der Waals surface area contributed by atoms with Crippen molar-refractivity contribution < 1.29 is 23.8 Å². The van der Waals surface area contributed by atoms with E-state index in [4.69, 9.17) is 14.2 Å². The van der Waals surface area contributed by atoms with Crippen LogP contribution in [0.5, 0.6) is 0 Å². The smallest absolute Gasteiger partial charge is 0.306 e. The molecule has 0 fully saturated rings. The number of hydrogen-bond donors (Lipinski definition) is 0. The van der Waals surface area contributed by atoms with Crippen molar-refractivity contribution in [2.45, 2.75) is 232 Å². The van der Waals surface area contributed by atoms with Gasteiger partial charge in [-0.2, -0.15) is 0 Å². The van der Waals surface area contributed by atoms with Crippen LogP contribution < -0.4 is 0 Å². The first-order valence-corrected chi connectivity index (χ1v) is 25.1. The number of hydrogen-bond acceptors (Lipinski definition) is 5. The third-order valence-electron chi connectivity index (χ3n) is 10.4. The Morgan fingerprint density at radius 2 is 0.767 bits per heavy atom. The SMILES string of the molecule is CC/C=C\C/C=C\C/C=C\C/C=C\CCCCCCC(=O)OCC(COCCCCCCCC/C=C\CCCC)OC(=O)CCCCCCC/C=C\C/C=C\CCCCC. The molecule has 1 unspecified atom stereocenters. The molecule has 0 aromatic carbocycles. The van der Waals surface area contributed by atoms with Crippen LogP contribution >= 0.6 is 0 Å². The molecule has 0 rings (SSSR count). The second kappa shape index (κ2) is 50.4. The monoisotopic (exact) mass is 835 g/mol. The normalized spacial score (nSPS) is 12.9. The molecule has 1 atom stereocenters. The summed E-state index contributed by atoms with van der Waals surface area (Å²) < 4.78 is 17.3. The summed E-state index contributed by atoms with van der Waals surface area (Å²) in [6.45, 7) is 7.60. The molecule has 0 amide bonds. The molecule has 0 saturated heterocycles. The molecule has 0 aromatic rings. The molecule has 0 aromatic heterocycles. The lowest BCUT2D eigenvalue weighted by molar-refractivity contribution is -0.163. The summed E-state index contributed by atoms with van der Waals surface area (Å²) >= 11 is 0. The first kappa shape index (κ1) is 57.1. The maximum atomic E-state index is 12.8. The van der Waals surface area contributed by atoms with E-state index in [1.807, 2.05) is 0 Å². The van der Waals surface area contributed by atoms with Crippen molar-refractivity contribution in [3.05, 3.63) is 85.1 Å². The topological polar surface area (TPSA) is 61.8 Å². The Balaban J connectivity index is 4.34. The van der Waals surface area contributed by atoms with Crippen LogP contribution in [0, 0.1) is 0 Å². The molecule has 5 nitrogen and oxygen atoms in total. The minimum absolute atomic E-state index is 0.0610. The Labute approximate surface area is 371 Å². The average Bonchev–Trinajstić information content (AvgIpc) is 3.25. The van der Waals surface area contributed by atoms with Crippen molar-refractivity contribution in [1.82, 2.24) is 0 Å². The third kappa shape index (κ3) is 47.8. The van der Waals surface area contributed by atoms with Gasteiger partial charge in [-0.25, -0.2) is 0 Å². The summed E-state index contributed by atoms with van der Waals surface area (Å²) in [5, 5.41) is 0. The first-order chi connectivity index (χ1) is 29.6. The lowest BCUT2D eigenvalue weighted by Gasteiger charge is -2.18. The van der Waals surface area contributed by atoms with Gasteiger partial charge in [0.25, 0.3) is 0 Å². The Morgan fingerprint density at radius 1 is 0.383 bits per heavy atom. The maximum absolute atomic E-state index is 12.8. The molecule has 0 radical (unpaired) electrons. The van der Waals surface area contributed by atoms with E-state index in [9.17, 15) is 9.59 Å². The number of ether oxygens (including phenoxy) is 3. The van der Waals surface area contributed by atoms with E-state index in [1.165, 1.54) is 89.9 Å². The van der Waals surface area contributed by atoms with Gasteiger partial charge in [0.05, 0.1) is 6.61 Å². The minimum Gasteiger partial charge on any atom is -0.462 e. The van der Waals surface area contributed by atoms with E-state index >= 15 is 0 Å². The standard InChI is InChI=1S/C55H94O5/c1-4-7-10-13-16-19-22-25-27-28-30-31-33-36-39-42-45-48-54(56)59-52-53(51-58-50-47-44-41-38-35-24-21-18-15-12-9-6-3)60-55(57)49-46-43-40-37-34-32-29-26-23-20-17-14-11-8-5-2/h7,10,15-20,25-27,29-31,53H,4-6,8-9,11-14,21-24,28,32-52H2,1-3H3/b10-7-,18-15-,19-16-,20-17-,27-25-,29-26-,31-30-. The lowest BCUT2D eigenvalue weighted by atomic mass is 10.1. The van der Waals surface area contributed by atoms with Crippen molar-refractivity contribution in [1.29, 1.82) is 0 Å². The fourth-order valence-electron chi connectivity index (χ4n) is 6.63. The molecule has 0 aliphatic heterocycles. The van der Waals surface area contributed by atoms with Gasteiger partial charge in [0.1, 0.15) is 6.61 Å². The highest BCUT2D eigenvalue weighted by Crippen LogP contribution is 2.13. The molecular weight excluding hydrogens is 741 g/mol. The number of allylic oxidation sites excluding steroid dienone is 14. The molecule has 344 valence electrons. The zero-order valence-electron chi connectivity index (χ0n) is 39.5. The second-order valence-electron chi connectivity index (χ2n) is 16.3. The van der Waals surface area contributed by atoms with Crippen molar-refractivity contribution in [2.24, 2.45) is 0 Å². The summed E-state index contributed by atoms with van der Waals surface area (Å²) in [6, 6.07) is 0. The summed E-state index contributed by atoms with van der Waals surface area (Å²) in [4.78, 5) is 25.4. The van der Waals surface area contributed by atoms with Gasteiger partial charge in [0, 0.05) is 19.4 Å². The van der Waals surface area contributed by atoms with E-state index in [1.54, 1.807) is 0 Å². The van der Waals surface area contributed by atoms with Crippen LogP contribution in [0.4, 0.5) is 0 Å². The van der Waals surface area contributed by atoms with Gasteiger partial charge < -0.3 is 14.2 Å². The fraction of sp³-hybridized carbons (Fsp3) is 0.709. The molecule has 0 aliphatic carbocycles. The summed E-state index contributed by atoms with van der Waals surface area (Å²) in [5.41, 5.74) is 0. The van der Waals surface area contributed by atoms with Crippen LogP contribution in [0.3, 0.4) is 0 Å². The van der Waals surface area contributed by atoms with E-state index < -0.39 is 6.10 Å². The van der Waals surface area contributed by atoms with E-state index in [0.29, 0.717) is 19.4 Å². The van der Waals surface area contributed by atoms with Crippen LogP contribution in [0.15, 0.2) is 85.1 Å². The molecule has 0 heterocycles. The Morgan fingerprint density at radius 3 is 1.27 bits per heavy atom. The van der Waals surface area contributed by atoms with E-state index in [0.717, 1.165) is 103 Å². The van der Waals surface area contributed by atoms with Crippen molar-refractivity contribution >= 4 is 11.9 Å². The third-order valence-corrected chi connectivity index (χ3v) is 10.4. The van der Waals surface area contributed by atoms with Gasteiger partial charge in [0.2, 0.25) is 0 Å². The van der Waals surface area contributed by atoms with Crippen molar-refractivity contribution in [3.63, 3.8) is 0 Å². The van der Waals surface area contributed by atoms with Crippen molar-refractivity contribution in [2.75, 3.05) is 19.8 Å². The summed E-state index contributed by atoms with van der Waals surface area (Å²) in [7, 11) is 0. The van der Waals surface area contributed by atoms with E-state index in [-0.39, 0.29) is 25.2 Å². The molecule has 60 heavy (non-hydrogen) atoms. The predicted octanol–water partition coefficient (Wildman–Crippen LogP) is 16.9. The quantitative estimate of drug-likeness (QED) is 0.0347. The van der Waals surface area contributed by atoms with Crippen LogP contribution in [0.2, 0.25) is 0 Å². The van der Waals surface area contributed by atoms with Gasteiger partial charge >= 0.3 is 11.9 Å². The highest BCUT2D eigenvalue weighted by molar-refractivity contribution is 5.70. The second-order valence-corrected chi connectivity index (χ2v) is 16.3. The van der Waals surface area contributed by atoms with Crippen LogP contribution in [0.1, 0.15) is 226 Å². The number of carbonyl (C=O) groups excluding carboxylic acids is 2. The molecule has 0 aliphatic rings. The molecule has 0 N–H and O–H groups in total. The number of unbranched alkanes of at least 4 members (excludes halogenated alkanes) is 20.